The van der Waals surface area contributed by atoms with Gasteiger partial charge in [-0.15, -0.1) is 0 Å². The monoisotopic (exact) mass is 675 g/mol. The molecule has 13 nitrogen and oxygen atoms in total. The number of hydrogen-bond acceptors (Lipinski definition) is 10. The molecule has 4 saturated heterocycles. The van der Waals surface area contributed by atoms with Crippen LogP contribution in [0.2, 0.25) is 0 Å². The highest BCUT2D eigenvalue weighted by Crippen LogP contribution is 2.45. The summed E-state index contributed by atoms with van der Waals surface area (Å²) in [6.45, 7) is 9.51. The summed E-state index contributed by atoms with van der Waals surface area (Å²) in [6.07, 6.45) is 6.86. The lowest BCUT2D eigenvalue weighted by Crippen LogP contribution is -2.61. The number of rotatable bonds is 9. The molecule has 1 N–H and O–H groups in total. The van der Waals surface area contributed by atoms with Gasteiger partial charge in [0, 0.05) is 45.2 Å². The first kappa shape index (κ1) is 33.9. The zero-order chi connectivity index (χ0) is 33.3. The van der Waals surface area contributed by atoms with Crippen LogP contribution in [0, 0.1) is 11.2 Å². The molecule has 4 aliphatic rings. The zero-order valence-corrected chi connectivity index (χ0v) is 28.4. The lowest BCUT2D eigenvalue weighted by atomic mass is 9.72. The molecule has 47 heavy (non-hydrogen) atoms. The Labute approximate surface area is 276 Å². The molecule has 0 aliphatic carbocycles. The fraction of sp³-hybridized carbons (Fsp3) is 0.656. The Balaban J connectivity index is 1.03. The van der Waals surface area contributed by atoms with E-state index in [1.807, 2.05) is 13.8 Å². The first-order chi connectivity index (χ1) is 22.4. The maximum absolute atomic E-state index is 14.4. The van der Waals surface area contributed by atoms with Gasteiger partial charge in [0.1, 0.15) is 17.9 Å². The van der Waals surface area contributed by atoms with Gasteiger partial charge in [0.25, 0.3) is 16.1 Å². The summed E-state index contributed by atoms with van der Waals surface area (Å²) < 4.78 is 60.5. The van der Waals surface area contributed by atoms with Crippen LogP contribution < -0.4 is 14.4 Å². The quantitative estimate of drug-likeness (QED) is 0.424. The molecular weight excluding hydrogens is 629 g/mol. The second-order valence-electron chi connectivity index (χ2n) is 13.7. The van der Waals surface area contributed by atoms with Crippen LogP contribution in [0.15, 0.2) is 30.7 Å². The molecule has 4 atom stereocenters. The molecule has 1 amide bonds. The van der Waals surface area contributed by atoms with Crippen LogP contribution in [-0.2, 0) is 19.7 Å². The maximum atomic E-state index is 14.4. The molecule has 5 heterocycles. The van der Waals surface area contributed by atoms with Crippen LogP contribution in [0.1, 0.15) is 49.9 Å². The number of likely N-dealkylation sites (tertiary alicyclic amines) is 1. The normalized spacial score (nSPS) is 26.8. The minimum absolute atomic E-state index is 0.0979. The summed E-state index contributed by atoms with van der Waals surface area (Å²) in [5.74, 6) is 0.515. The minimum Gasteiger partial charge on any atom is -0.451 e. The van der Waals surface area contributed by atoms with E-state index in [0.717, 1.165) is 58.4 Å². The molecule has 1 aromatic heterocycles. The van der Waals surface area contributed by atoms with E-state index in [1.165, 1.54) is 42.9 Å². The van der Waals surface area contributed by atoms with Crippen molar-refractivity contribution in [3.05, 3.63) is 42.1 Å². The highest BCUT2D eigenvalue weighted by atomic mass is 32.2. The molecule has 258 valence electrons. The number of piperidine rings is 1. The van der Waals surface area contributed by atoms with Gasteiger partial charge in [0.2, 0.25) is 0 Å². The van der Waals surface area contributed by atoms with E-state index >= 15 is 0 Å². The smallest absolute Gasteiger partial charge is 0.279 e. The Morgan fingerprint density at radius 2 is 1.83 bits per heavy atom. The Morgan fingerprint density at radius 3 is 2.49 bits per heavy atom. The van der Waals surface area contributed by atoms with Crippen LogP contribution in [0.25, 0.3) is 0 Å². The molecule has 0 saturated carbocycles. The van der Waals surface area contributed by atoms with E-state index in [9.17, 15) is 17.6 Å². The fourth-order valence-corrected chi connectivity index (χ4v) is 7.94. The molecule has 1 spiro atoms. The standard InChI is InChI=1S/C32H46FN7O6S/c1-22-16-44-17-23(2)40(22)31(41)27-13-24(33)5-8-28(27)46-29-14-34-21-35-30(29)39-19-32(20-39)9-11-38(12-10-32)15-26-7-6-25(18-45-26)36-47(42,43)37(3)4/h5,8,13-14,21-23,25-26,36H,6-7,9-12,15-20H2,1-4H3/t22-,23-,25-,26+/m1/s1. The lowest BCUT2D eigenvalue weighted by molar-refractivity contribution is -0.0300. The third-order valence-electron chi connectivity index (χ3n) is 9.85. The van der Waals surface area contributed by atoms with Crippen molar-refractivity contribution in [2.24, 2.45) is 5.41 Å². The van der Waals surface area contributed by atoms with E-state index in [2.05, 4.69) is 24.5 Å². The third-order valence-corrected chi connectivity index (χ3v) is 11.4. The van der Waals surface area contributed by atoms with Crippen LogP contribution >= 0.6 is 0 Å². The molecule has 15 heteroatoms. The summed E-state index contributed by atoms with van der Waals surface area (Å²) in [4.78, 5) is 28.7. The highest BCUT2D eigenvalue weighted by molar-refractivity contribution is 7.87. The SMILES string of the molecule is C[C@@H]1COC[C@@H](C)N1C(=O)c1cc(F)ccc1Oc1cncnc1N1CC2(CCN(C[C@@H]3CC[C@@H](NS(=O)(=O)N(C)C)CO3)CC2)C1. The zero-order valence-electron chi connectivity index (χ0n) is 27.6. The van der Waals surface area contributed by atoms with E-state index in [0.29, 0.717) is 31.4 Å². The predicted molar refractivity (Wildman–Crippen MR) is 173 cm³/mol. The summed E-state index contributed by atoms with van der Waals surface area (Å²) in [6, 6.07) is 3.50. The van der Waals surface area contributed by atoms with Crippen LogP contribution in [0.3, 0.4) is 0 Å². The van der Waals surface area contributed by atoms with Crippen molar-refractivity contribution in [3.63, 3.8) is 0 Å². The van der Waals surface area contributed by atoms with E-state index in [4.69, 9.17) is 14.2 Å². The molecule has 4 aliphatic heterocycles. The van der Waals surface area contributed by atoms with Gasteiger partial charge in [0.15, 0.2) is 11.6 Å². The third kappa shape index (κ3) is 7.55. The number of carbonyl (C=O) groups is 1. The molecule has 0 bridgehead atoms. The van der Waals surface area contributed by atoms with Gasteiger partial charge in [-0.2, -0.15) is 17.4 Å². The number of morpholine rings is 1. The second kappa shape index (κ2) is 13.9. The van der Waals surface area contributed by atoms with Gasteiger partial charge in [0.05, 0.1) is 49.8 Å². The van der Waals surface area contributed by atoms with Gasteiger partial charge in [-0.1, -0.05) is 0 Å². The number of nitrogens with one attached hydrogen (secondary N) is 1. The van der Waals surface area contributed by atoms with Crippen molar-refractivity contribution in [2.75, 3.05) is 71.5 Å². The number of nitrogens with zero attached hydrogens (tertiary/aromatic N) is 6. The molecule has 0 unspecified atom stereocenters. The molecule has 0 radical (unpaired) electrons. The summed E-state index contributed by atoms with van der Waals surface area (Å²) in [5.41, 5.74) is 0.335. The average Bonchev–Trinajstić information content (AvgIpc) is 3.02. The number of aromatic nitrogens is 2. The van der Waals surface area contributed by atoms with Gasteiger partial charge in [-0.05, 0) is 70.8 Å². The van der Waals surface area contributed by atoms with Crippen LogP contribution in [0.5, 0.6) is 11.5 Å². The number of hydrogen-bond donors (Lipinski definition) is 1. The van der Waals surface area contributed by atoms with Crippen molar-refractivity contribution in [2.45, 2.75) is 63.8 Å². The Morgan fingerprint density at radius 1 is 1.11 bits per heavy atom. The van der Waals surface area contributed by atoms with E-state index < -0.39 is 16.0 Å². The Hall–Kier alpha value is -2.95. The van der Waals surface area contributed by atoms with Gasteiger partial charge in [-0.3, -0.25) is 4.79 Å². The largest absolute Gasteiger partial charge is 0.451 e. The molecule has 6 rings (SSSR count). The molecule has 2 aromatic rings. The van der Waals surface area contributed by atoms with Crippen molar-refractivity contribution >= 4 is 21.9 Å². The van der Waals surface area contributed by atoms with Crippen molar-refractivity contribution < 1.29 is 31.8 Å². The Kier molecular flexibility index (Phi) is 10.0. The number of amides is 1. The maximum Gasteiger partial charge on any atom is 0.279 e. The van der Waals surface area contributed by atoms with Gasteiger partial charge >= 0.3 is 0 Å². The summed E-state index contributed by atoms with van der Waals surface area (Å²) in [7, 11) is -0.441. The first-order valence-electron chi connectivity index (χ1n) is 16.4. The van der Waals surface area contributed by atoms with E-state index in [-0.39, 0.29) is 46.9 Å². The topological polar surface area (TPSA) is 130 Å². The molecule has 4 fully saturated rings. The summed E-state index contributed by atoms with van der Waals surface area (Å²) >= 11 is 0. The number of halogens is 1. The van der Waals surface area contributed by atoms with Crippen LogP contribution in [-0.4, -0.2) is 129 Å². The first-order valence-corrected chi connectivity index (χ1v) is 17.8. The number of anilines is 1. The number of carbonyl (C=O) groups excluding carboxylic acids is 1. The fourth-order valence-electron chi connectivity index (χ4n) is 7.13. The van der Waals surface area contributed by atoms with Crippen molar-refractivity contribution in [1.29, 1.82) is 0 Å². The second-order valence-corrected chi connectivity index (χ2v) is 15.6. The van der Waals surface area contributed by atoms with Gasteiger partial charge < -0.3 is 28.9 Å². The van der Waals surface area contributed by atoms with Crippen LogP contribution in [0.4, 0.5) is 10.2 Å². The number of benzene rings is 1. The van der Waals surface area contributed by atoms with Crippen molar-refractivity contribution in [1.82, 2.24) is 28.8 Å². The lowest BCUT2D eigenvalue weighted by Gasteiger charge is -2.54. The Bertz CT molecular complexity index is 1510. The van der Waals surface area contributed by atoms with E-state index in [1.54, 1.807) is 11.1 Å². The predicted octanol–water partition coefficient (Wildman–Crippen LogP) is 2.50. The van der Waals surface area contributed by atoms with Crippen molar-refractivity contribution in [3.8, 4) is 11.5 Å². The summed E-state index contributed by atoms with van der Waals surface area (Å²) in [5, 5.41) is 0. The molecule has 1 aromatic carbocycles. The molecular formula is C32H46FN7O6S. The van der Waals surface area contributed by atoms with Gasteiger partial charge in [-0.25, -0.2) is 14.4 Å². The highest BCUT2D eigenvalue weighted by Gasteiger charge is 2.46. The average molecular weight is 676 g/mol. The minimum atomic E-state index is -3.47. The number of ether oxygens (including phenoxy) is 3.